The second-order valence-corrected chi connectivity index (χ2v) is 9.57. The monoisotopic (exact) mass is 403 g/mol. The third-order valence-electron chi connectivity index (χ3n) is 6.89. The molecule has 3 rings (SSSR count). The minimum absolute atomic E-state index is 0.498. The maximum atomic E-state index is 8.93. The summed E-state index contributed by atoms with van der Waals surface area (Å²) in [6, 6.07) is 12.3. The lowest BCUT2D eigenvalue weighted by molar-refractivity contribution is -0.665. The smallest absolute Gasteiger partial charge is 0.198 e. The first-order valence-electron chi connectivity index (χ1n) is 12.2. The Bertz CT molecular complexity index is 1100. The Labute approximate surface area is 185 Å². The maximum absolute atomic E-state index is 8.93. The second kappa shape index (κ2) is 8.92. The van der Waals surface area contributed by atoms with E-state index in [9.17, 15) is 0 Å². The minimum atomic E-state index is 0.498. The van der Waals surface area contributed by atoms with E-state index in [1.165, 1.54) is 38.9 Å². The molecule has 0 saturated carbocycles. The molecule has 2 aromatic carbocycles. The zero-order valence-electron chi connectivity index (χ0n) is 21.5. The molecule has 30 heavy (non-hydrogen) atoms. The van der Waals surface area contributed by atoms with Gasteiger partial charge in [-0.25, -0.2) is 0 Å². The van der Waals surface area contributed by atoms with Crippen LogP contribution in [0.2, 0.25) is 0 Å². The summed E-state index contributed by atoms with van der Waals surface area (Å²) < 4.78 is 11.2. The normalized spacial score (nSPS) is 12.5. The van der Waals surface area contributed by atoms with Crippen LogP contribution in [-0.2, 0) is 19.9 Å². The topological polar surface area (TPSA) is 3.88 Å². The number of aromatic nitrogens is 1. The SMILES string of the molecule is [2H]c1c(C)[n+](C)c(-c2cc(CC)cc(CC)c2C)c2ccc(C(C(C)C)C(C)C)cc12. The molecule has 0 N–H and O–H groups in total. The van der Waals surface area contributed by atoms with Crippen LogP contribution in [0, 0.1) is 25.7 Å². The van der Waals surface area contributed by atoms with E-state index in [0.29, 0.717) is 23.8 Å². The second-order valence-electron chi connectivity index (χ2n) is 9.57. The predicted octanol–water partition coefficient (Wildman–Crippen LogP) is 7.47. The molecule has 0 radical (unpaired) electrons. The lowest BCUT2D eigenvalue weighted by atomic mass is 9.79. The van der Waals surface area contributed by atoms with Gasteiger partial charge in [-0.2, -0.15) is 4.57 Å². The van der Waals surface area contributed by atoms with Crippen LogP contribution in [0.4, 0.5) is 0 Å². The van der Waals surface area contributed by atoms with E-state index in [1.807, 2.05) is 0 Å². The molecule has 160 valence electrons. The number of benzene rings is 2. The van der Waals surface area contributed by atoms with Crippen LogP contribution >= 0.6 is 0 Å². The highest BCUT2D eigenvalue weighted by atomic mass is 14.9. The van der Waals surface area contributed by atoms with Crippen LogP contribution in [0.1, 0.15) is 76.8 Å². The van der Waals surface area contributed by atoms with Gasteiger partial charge >= 0.3 is 0 Å². The van der Waals surface area contributed by atoms with Crippen molar-refractivity contribution in [2.75, 3.05) is 0 Å². The highest BCUT2D eigenvalue weighted by Gasteiger charge is 2.24. The molecule has 0 saturated heterocycles. The van der Waals surface area contributed by atoms with E-state index < -0.39 is 0 Å². The van der Waals surface area contributed by atoms with Crippen LogP contribution in [0.25, 0.3) is 22.0 Å². The van der Waals surface area contributed by atoms with Crippen LogP contribution in [0.5, 0.6) is 0 Å². The molecule has 1 nitrogen and oxygen atoms in total. The van der Waals surface area contributed by atoms with E-state index in [1.54, 1.807) is 0 Å². The van der Waals surface area contributed by atoms with Crippen molar-refractivity contribution in [1.29, 1.82) is 0 Å². The fourth-order valence-electron chi connectivity index (χ4n) is 5.23. The van der Waals surface area contributed by atoms with E-state index >= 15 is 0 Å². The highest BCUT2D eigenvalue weighted by Crippen LogP contribution is 2.36. The summed E-state index contributed by atoms with van der Waals surface area (Å²) in [5.41, 5.74) is 9.09. The Kier molecular flexibility index (Phi) is 6.27. The zero-order valence-corrected chi connectivity index (χ0v) is 20.5. The molecule has 0 aliphatic rings. The summed E-state index contributed by atoms with van der Waals surface area (Å²) in [6.45, 7) is 18.0. The Morgan fingerprint density at radius 1 is 0.933 bits per heavy atom. The first-order chi connectivity index (χ1) is 14.6. The van der Waals surface area contributed by atoms with E-state index in [-0.39, 0.29) is 0 Å². The van der Waals surface area contributed by atoms with Gasteiger partial charge in [-0.15, -0.1) is 0 Å². The van der Waals surface area contributed by atoms with Crippen molar-refractivity contribution in [3.05, 3.63) is 64.3 Å². The fraction of sp³-hybridized carbons (Fsp3) is 0.483. The quantitative estimate of drug-likeness (QED) is 0.376. The molecule has 0 unspecified atom stereocenters. The molecule has 1 heterocycles. The van der Waals surface area contributed by atoms with Gasteiger partial charge < -0.3 is 0 Å². The largest absolute Gasteiger partial charge is 0.220 e. The van der Waals surface area contributed by atoms with Gasteiger partial charge in [-0.1, -0.05) is 59.7 Å². The fourth-order valence-corrected chi connectivity index (χ4v) is 5.23. The van der Waals surface area contributed by atoms with Crippen molar-refractivity contribution in [2.45, 2.75) is 74.1 Å². The number of nitrogens with zero attached hydrogens (tertiary/aromatic N) is 1. The van der Waals surface area contributed by atoms with Gasteiger partial charge in [0, 0.05) is 13.0 Å². The Morgan fingerprint density at radius 3 is 2.17 bits per heavy atom. The molecule has 1 heteroatoms. The Morgan fingerprint density at radius 2 is 1.60 bits per heavy atom. The minimum Gasteiger partial charge on any atom is -0.198 e. The summed E-state index contributed by atoms with van der Waals surface area (Å²) >= 11 is 0. The number of pyridine rings is 1. The molecule has 0 amide bonds. The summed E-state index contributed by atoms with van der Waals surface area (Å²) in [6.07, 6.45) is 2.07. The molecule has 0 atom stereocenters. The van der Waals surface area contributed by atoms with Gasteiger partial charge in [-0.3, -0.25) is 0 Å². The molecule has 0 fully saturated rings. The first kappa shape index (κ1) is 21.1. The van der Waals surface area contributed by atoms with E-state index in [2.05, 4.69) is 97.3 Å². The van der Waals surface area contributed by atoms with Crippen molar-refractivity contribution < 1.29 is 5.94 Å². The van der Waals surface area contributed by atoms with Crippen LogP contribution < -0.4 is 4.57 Å². The number of fused-ring (bicyclic) bond motifs is 1. The Hall–Kier alpha value is -2.15. The highest BCUT2D eigenvalue weighted by molar-refractivity contribution is 5.94. The maximum Gasteiger partial charge on any atom is 0.220 e. The van der Waals surface area contributed by atoms with Crippen LogP contribution in [0.15, 0.2) is 36.4 Å². The molecule has 0 aliphatic carbocycles. The van der Waals surface area contributed by atoms with Crippen molar-refractivity contribution in [3.8, 4) is 11.3 Å². The molecule has 1 aromatic heterocycles. The average Bonchev–Trinajstić information content (AvgIpc) is 2.73. The molecule has 3 aromatic rings. The third kappa shape index (κ3) is 4.04. The van der Waals surface area contributed by atoms with Gasteiger partial charge in [-0.05, 0) is 77.3 Å². The average molecular weight is 404 g/mol. The number of hydrogen-bond donors (Lipinski definition) is 0. The van der Waals surface area contributed by atoms with Crippen molar-refractivity contribution in [2.24, 2.45) is 18.9 Å². The molecular weight excluding hydrogens is 362 g/mol. The van der Waals surface area contributed by atoms with E-state index in [4.69, 9.17) is 1.37 Å². The van der Waals surface area contributed by atoms with Gasteiger partial charge in [0.1, 0.15) is 7.05 Å². The zero-order chi connectivity index (χ0) is 23.0. The summed E-state index contributed by atoms with van der Waals surface area (Å²) in [7, 11) is 2.12. The van der Waals surface area contributed by atoms with Crippen LogP contribution in [-0.4, -0.2) is 0 Å². The summed E-state index contributed by atoms with van der Waals surface area (Å²) in [4.78, 5) is 0. The van der Waals surface area contributed by atoms with Crippen LogP contribution in [0.3, 0.4) is 0 Å². The van der Waals surface area contributed by atoms with Crippen molar-refractivity contribution in [1.82, 2.24) is 0 Å². The van der Waals surface area contributed by atoms with Gasteiger partial charge in [0.15, 0.2) is 5.69 Å². The van der Waals surface area contributed by atoms with E-state index in [0.717, 1.165) is 23.9 Å². The lowest BCUT2D eigenvalue weighted by Crippen LogP contribution is -2.35. The lowest BCUT2D eigenvalue weighted by Gasteiger charge is -2.26. The summed E-state index contributed by atoms with van der Waals surface area (Å²) in [5, 5.41) is 2.26. The van der Waals surface area contributed by atoms with Crippen molar-refractivity contribution >= 4 is 10.8 Å². The van der Waals surface area contributed by atoms with Crippen molar-refractivity contribution in [3.63, 3.8) is 0 Å². The Balaban J connectivity index is 2.39. The standard InChI is InChI=1S/C29H40N/c1-10-22-15-23(11-2)21(8)27(16-22)29-26-13-12-24(28(18(3)4)19(5)6)17-25(26)14-20(7)30(29)9/h12-19,28H,10-11H2,1-9H3/q+1/i14D. The molecule has 0 bridgehead atoms. The molecule has 0 aliphatic heterocycles. The molecule has 0 spiro atoms. The number of hydrogen-bond acceptors (Lipinski definition) is 0. The van der Waals surface area contributed by atoms with Gasteiger partial charge in [0.25, 0.3) is 0 Å². The van der Waals surface area contributed by atoms with Gasteiger partial charge in [0.2, 0.25) is 5.69 Å². The summed E-state index contributed by atoms with van der Waals surface area (Å²) in [5.74, 6) is 1.64. The number of rotatable bonds is 6. The first-order valence-corrected chi connectivity index (χ1v) is 11.7. The number of aryl methyl sites for hydroxylation is 2. The third-order valence-corrected chi connectivity index (χ3v) is 6.89. The van der Waals surface area contributed by atoms with Gasteiger partial charge in [0.05, 0.1) is 12.3 Å². The predicted molar refractivity (Wildman–Crippen MR) is 131 cm³/mol. The molecular formula is C29H40N+.